The minimum absolute atomic E-state index is 0.0581. The van der Waals surface area contributed by atoms with E-state index >= 15 is 0 Å². The second-order valence-corrected chi connectivity index (χ2v) is 4.94. The SMILES string of the molecule is CC(=O)c1ccc2ccccc2c1OCC1CNC(=O)O1. The number of nitrogens with one attached hydrogen (secondary N) is 1. The van der Waals surface area contributed by atoms with Gasteiger partial charge in [-0.2, -0.15) is 0 Å². The van der Waals surface area contributed by atoms with Gasteiger partial charge in [-0.05, 0) is 18.4 Å². The number of amides is 1. The Morgan fingerprint density at radius 1 is 1.33 bits per heavy atom. The normalized spacial score (nSPS) is 17.4. The molecule has 1 N–H and O–H groups in total. The molecule has 0 radical (unpaired) electrons. The number of fused-ring (bicyclic) bond motifs is 1. The smallest absolute Gasteiger partial charge is 0.407 e. The molecule has 1 aliphatic heterocycles. The first-order chi connectivity index (χ1) is 10.1. The van der Waals surface area contributed by atoms with Crippen LogP contribution in [-0.4, -0.2) is 31.1 Å². The van der Waals surface area contributed by atoms with Crippen LogP contribution in [0.5, 0.6) is 5.75 Å². The van der Waals surface area contributed by atoms with Crippen molar-refractivity contribution in [3.05, 3.63) is 42.0 Å². The molecule has 1 heterocycles. The summed E-state index contributed by atoms with van der Waals surface area (Å²) < 4.78 is 10.8. The van der Waals surface area contributed by atoms with E-state index in [1.807, 2.05) is 30.3 Å². The molecule has 1 atom stereocenters. The maximum atomic E-state index is 11.8. The molecule has 2 aromatic carbocycles. The molecule has 0 aliphatic carbocycles. The van der Waals surface area contributed by atoms with Gasteiger partial charge in [-0.1, -0.05) is 30.3 Å². The molecule has 0 bridgehead atoms. The Morgan fingerprint density at radius 3 is 2.86 bits per heavy atom. The molecule has 5 heteroatoms. The van der Waals surface area contributed by atoms with Crippen molar-refractivity contribution in [2.45, 2.75) is 13.0 Å². The molecule has 0 aromatic heterocycles. The van der Waals surface area contributed by atoms with E-state index < -0.39 is 6.09 Å². The van der Waals surface area contributed by atoms with E-state index in [0.29, 0.717) is 17.9 Å². The molecular formula is C16H15NO4. The van der Waals surface area contributed by atoms with Crippen molar-refractivity contribution in [1.29, 1.82) is 0 Å². The lowest BCUT2D eigenvalue weighted by molar-refractivity contribution is 0.0976. The van der Waals surface area contributed by atoms with Crippen LogP contribution in [0.1, 0.15) is 17.3 Å². The van der Waals surface area contributed by atoms with Gasteiger partial charge in [0.05, 0.1) is 12.1 Å². The summed E-state index contributed by atoms with van der Waals surface area (Å²) in [7, 11) is 0. The standard InChI is InChI=1S/C16H15NO4/c1-10(18)13-7-6-11-4-2-3-5-14(11)15(13)20-9-12-8-17-16(19)21-12/h2-7,12H,8-9H2,1H3,(H,17,19). The average Bonchev–Trinajstić information content (AvgIpc) is 2.90. The summed E-state index contributed by atoms with van der Waals surface area (Å²) in [5.41, 5.74) is 0.533. The summed E-state index contributed by atoms with van der Waals surface area (Å²) in [5.74, 6) is 0.487. The highest BCUT2D eigenvalue weighted by molar-refractivity contribution is 6.03. The lowest BCUT2D eigenvalue weighted by Crippen LogP contribution is -2.22. The van der Waals surface area contributed by atoms with E-state index in [0.717, 1.165) is 10.8 Å². The van der Waals surface area contributed by atoms with Crippen LogP contribution < -0.4 is 10.1 Å². The number of cyclic esters (lactones) is 1. The summed E-state index contributed by atoms with van der Waals surface area (Å²) in [6.45, 7) is 2.14. The molecule has 1 unspecified atom stereocenters. The van der Waals surface area contributed by atoms with Crippen molar-refractivity contribution in [3.63, 3.8) is 0 Å². The Hall–Kier alpha value is -2.56. The van der Waals surface area contributed by atoms with Crippen LogP contribution in [0.4, 0.5) is 4.79 Å². The largest absolute Gasteiger partial charge is 0.488 e. The highest BCUT2D eigenvalue weighted by Crippen LogP contribution is 2.30. The number of carbonyl (C=O) groups excluding carboxylic acids is 2. The Morgan fingerprint density at radius 2 is 2.14 bits per heavy atom. The zero-order chi connectivity index (χ0) is 14.8. The van der Waals surface area contributed by atoms with Gasteiger partial charge in [-0.3, -0.25) is 4.79 Å². The van der Waals surface area contributed by atoms with E-state index in [-0.39, 0.29) is 18.5 Å². The van der Waals surface area contributed by atoms with Crippen molar-refractivity contribution < 1.29 is 19.1 Å². The van der Waals surface area contributed by atoms with Gasteiger partial charge in [0.2, 0.25) is 0 Å². The van der Waals surface area contributed by atoms with Crippen molar-refractivity contribution in [3.8, 4) is 5.75 Å². The van der Waals surface area contributed by atoms with Gasteiger partial charge >= 0.3 is 6.09 Å². The van der Waals surface area contributed by atoms with E-state index in [4.69, 9.17) is 9.47 Å². The number of rotatable bonds is 4. The molecule has 1 aliphatic rings. The molecule has 0 spiro atoms. The number of hydrogen-bond acceptors (Lipinski definition) is 4. The fourth-order valence-corrected chi connectivity index (χ4v) is 2.38. The highest BCUT2D eigenvalue weighted by Gasteiger charge is 2.24. The maximum absolute atomic E-state index is 11.8. The Bertz CT molecular complexity index is 710. The van der Waals surface area contributed by atoms with Crippen LogP contribution in [0.2, 0.25) is 0 Å². The highest BCUT2D eigenvalue weighted by atomic mass is 16.6. The third-order valence-corrected chi connectivity index (χ3v) is 3.42. The first-order valence-corrected chi connectivity index (χ1v) is 6.75. The van der Waals surface area contributed by atoms with Gasteiger partial charge in [0.15, 0.2) is 11.9 Å². The molecule has 2 aromatic rings. The first-order valence-electron chi connectivity index (χ1n) is 6.75. The van der Waals surface area contributed by atoms with Gasteiger partial charge in [0, 0.05) is 5.39 Å². The topological polar surface area (TPSA) is 64.6 Å². The van der Waals surface area contributed by atoms with Gasteiger partial charge in [-0.15, -0.1) is 0 Å². The number of ketones is 1. The predicted molar refractivity (Wildman–Crippen MR) is 77.7 cm³/mol. The molecule has 5 nitrogen and oxygen atoms in total. The predicted octanol–water partition coefficient (Wildman–Crippen LogP) is 2.53. The van der Waals surface area contributed by atoms with Crippen LogP contribution in [0.3, 0.4) is 0 Å². The zero-order valence-corrected chi connectivity index (χ0v) is 11.6. The fourth-order valence-electron chi connectivity index (χ4n) is 2.38. The number of Topliss-reactive ketones (excluding diaryl/α,β-unsaturated/α-hetero) is 1. The number of ether oxygens (including phenoxy) is 2. The Balaban J connectivity index is 1.92. The van der Waals surface area contributed by atoms with Crippen LogP contribution in [0, 0.1) is 0 Å². The van der Waals surface area contributed by atoms with Crippen molar-refractivity contribution in [1.82, 2.24) is 5.32 Å². The molecule has 1 amide bonds. The first kappa shape index (κ1) is 13.4. The minimum atomic E-state index is -0.437. The quantitative estimate of drug-likeness (QED) is 0.877. The zero-order valence-electron chi connectivity index (χ0n) is 11.6. The van der Waals surface area contributed by atoms with Crippen LogP contribution >= 0.6 is 0 Å². The van der Waals surface area contributed by atoms with E-state index in [1.165, 1.54) is 6.92 Å². The van der Waals surface area contributed by atoms with Gasteiger partial charge in [0.25, 0.3) is 0 Å². The summed E-state index contributed by atoms with van der Waals surface area (Å²) in [5, 5.41) is 4.45. The van der Waals surface area contributed by atoms with Crippen LogP contribution in [0.15, 0.2) is 36.4 Å². The minimum Gasteiger partial charge on any atom is -0.488 e. The van der Waals surface area contributed by atoms with Gasteiger partial charge in [0.1, 0.15) is 12.4 Å². The summed E-state index contributed by atoms with van der Waals surface area (Å²) in [6.07, 6.45) is -0.774. The molecule has 0 saturated carbocycles. The summed E-state index contributed by atoms with van der Waals surface area (Å²) in [6, 6.07) is 11.4. The third-order valence-electron chi connectivity index (χ3n) is 3.42. The summed E-state index contributed by atoms with van der Waals surface area (Å²) in [4.78, 5) is 22.8. The molecule has 1 fully saturated rings. The number of carbonyl (C=O) groups is 2. The third kappa shape index (κ3) is 2.67. The molecule has 3 rings (SSSR count). The van der Waals surface area contributed by atoms with E-state index in [2.05, 4.69) is 5.32 Å². The number of hydrogen-bond donors (Lipinski definition) is 1. The Kier molecular flexibility index (Phi) is 3.48. The lowest BCUT2D eigenvalue weighted by Gasteiger charge is -2.15. The van der Waals surface area contributed by atoms with Crippen molar-refractivity contribution >= 4 is 22.6 Å². The molecule has 108 valence electrons. The van der Waals surface area contributed by atoms with E-state index in [9.17, 15) is 9.59 Å². The second-order valence-electron chi connectivity index (χ2n) is 4.94. The second kappa shape index (κ2) is 5.44. The monoisotopic (exact) mass is 285 g/mol. The van der Waals surface area contributed by atoms with E-state index in [1.54, 1.807) is 6.07 Å². The van der Waals surface area contributed by atoms with Gasteiger partial charge in [-0.25, -0.2) is 4.79 Å². The molecular weight excluding hydrogens is 270 g/mol. The van der Waals surface area contributed by atoms with Crippen LogP contribution in [-0.2, 0) is 4.74 Å². The van der Waals surface area contributed by atoms with Crippen molar-refractivity contribution in [2.24, 2.45) is 0 Å². The van der Waals surface area contributed by atoms with Crippen LogP contribution in [0.25, 0.3) is 10.8 Å². The summed E-state index contributed by atoms with van der Waals surface area (Å²) >= 11 is 0. The maximum Gasteiger partial charge on any atom is 0.407 e. The average molecular weight is 285 g/mol. The van der Waals surface area contributed by atoms with Gasteiger partial charge < -0.3 is 14.8 Å². The fraction of sp³-hybridized carbons (Fsp3) is 0.250. The lowest BCUT2D eigenvalue weighted by atomic mass is 10.0. The van der Waals surface area contributed by atoms with Crippen molar-refractivity contribution in [2.75, 3.05) is 13.2 Å². The molecule has 21 heavy (non-hydrogen) atoms. The number of benzene rings is 2. The Labute approximate surface area is 121 Å². The molecule has 1 saturated heterocycles. The number of alkyl carbamates (subject to hydrolysis) is 1.